The number of nitrogens with zero attached hydrogens (tertiary/aromatic N) is 2. The van der Waals surface area contributed by atoms with Crippen LogP contribution < -0.4 is 15.5 Å². The van der Waals surface area contributed by atoms with Crippen LogP contribution in [0.25, 0.3) is 0 Å². The number of amides is 3. The molecule has 0 bridgehead atoms. The van der Waals surface area contributed by atoms with Gasteiger partial charge in [-0.15, -0.1) is 0 Å². The molecule has 182 valence electrons. The zero-order valence-electron chi connectivity index (χ0n) is 18.8. The Kier molecular flexibility index (Phi) is 7.18. The molecule has 1 saturated carbocycles. The van der Waals surface area contributed by atoms with E-state index in [0.29, 0.717) is 57.5 Å². The molecular weight excluding hydrogens is 465 g/mol. The Balaban J connectivity index is 1.35. The van der Waals surface area contributed by atoms with Crippen LogP contribution in [0.15, 0.2) is 24.5 Å². The Hall–Kier alpha value is -2.98. The molecule has 1 aromatic carbocycles. The fraction of sp³-hybridized carbons (Fsp3) is 0.478. The van der Waals surface area contributed by atoms with Gasteiger partial charge in [0.25, 0.3) is 11.8 Å². The van der Waals surface area contributed by atoms with E-state index in [1.54, 1.807) is 4.90 Å². The van der Waals surface area contributed by atoms with Gasteiger partial charge in [-0.1, -0.05) is 11.6 Å². The molecule has 0 atom stereocenters. The van der Waals surface area contributed by atoms with Gasteiger partial charge in [-0.25, -0.2) is 9.37 Å². The molecule has 4 rings (SSSR count). The van der Waals surface area contributed by atoms with Gasteiger partial charge in [0.15, 0.2) is 5.69 Å². The second-order valence-corrected chi connectivity index (χ2v) is 9.11. The highest BCUT2D eigenvalue weighted by molar-refractivity contribution is 6.34. The summed E-state index contributed by atoms with van der Waals surface area (Å²) >= 11 is 6.18. The molecule has 1 aliphatic carbocycles. The molecule has 1 aromatic heterocycles. The molecule has 1 aliphatic heterocycles. The molecule has 9 nitrogen and oxygen atoms in total. The number of hydrogen-bond donors (Lipinski definition) is 3. The largest absolute Gasteiger partial charge is 0.383 e. The normalized spacial score (nSPS) is 22.3. The smallest absolute Gasteiger partial charge is 0.272 e. The summed E-state index contributed by atoms with van der Waals surface area (Å²) in [6.45, 7) is 1.18. The molecule has 2 fully saturated rings. The second kappa shape index (κ2) is 10.1. The quantitative estimate of drug-likeness (QED) is 0.515. The highest BCUT2D eigenvalue weighted by Crippen LogP contribution is 2.47. The number of aromatic amines is 1. The minimum atomic E-state index is -0.501. The van der Waals surface area contributed by atoms with Crippen LogP contribution >= 0.6 is 11.6 Å². The van der Waals surface area contributed by atoms with Crippen molar-refractivity contribution in [2.24, 2.45) is 5.41 Å². The first-order valence-corrected chi connectivity index (χ1v) is 11.6. The first-order valence-electron chi connectivity index (χ1n) is 11.2. The lowest BCUT2D eigenvalue weighted by atomic mass is 9.71. The summed E-state index contributed by atoms with van der Waals surface area (Å²) < 4.78 is 18.3. The van der Waals surface area contributed by atoms with Crippen molar-refractivity contribution >= 4 is 35.0 Å². The van der Waals surface area contributed by atoms with Crippen LogP contribution in [0.1, 0.15) is 53.1 Å². The highest BCUT2D eigenvalue weighted by Gasteiger charge is 2.49. The van der Waals surface area contributed by atoms with Crippen LogP contribution in [-0.4, -0.2) is 60.5 Å². The Morgan fingerprint density at radius 2 is 2.06 bits per heavy atom. The number of anilines is 1. The summed E-state index contributed by atoms with van der Waals surface area (Å²) in [6, 6.07) is 3.92. The summed E-state index contributed by atoms with van der Waals surface area (Å²) in [4.78, 5) is 46.7. The van der Waals surface area contributed by atoms with Crippen LogP contribution in [0, 0.1) is 11.2 Å². The topological polar surface area (TPSA) is 116 Å². The minimum absolute atomic E-state index is 0.00521. The van der Waals surface area contributed by atoms with Crippen molar-refractivity contribution in [1.29, 1.82) is 0 Å². The van der Waals surface area contributed by atoms with Gasteiger partial charge < -0.3 is 25.3 Å². The molecule has 3 N–H and O–H groups in total. The third-order valence-corrected chi connectivity index (χ3v) is 6.97. The number of aromatic nitrogens is 2. The van der Waals surface area contributed by atoms with Gasteiger partial charge in [0.05, 0.1) is 29.1 Å². The van der Waals surface area contributed by atoms with E-state index in [4.69, 9.17) is 16.3 Å². The van der Waals surface area contributed by atoms with Crippen molar-refractivity contribution in [2.45, 2.75) is 38.1 Å². The summed E-state index contributed by atoms with van der Waals surface area (Å²) in [5.74, 6) is -1.32. The summed E-state index contributed by atoms with van der Waals surface area (Å²) in [5, 5.41) is 5.82. The third kappa shape index (κ3) is 4.78. The zero-order chi connectivity index (χ0) is 24.3. The van der Waals surface area contributed by atoms with Gasteiger partial charge in [-0.2, -0.15) is 0 Å². The first kappa shape index (κ1) is 24.2. The van der Waals surface area contributed by atoms with E-state index < -0.39 is 23.0 Å². The van der Waals surface area contributed by atoms with Gasteiger partial charge in [0.1, 0.15) is 11.5 Å². The molecule has 2 heterocycles. The summed E-state index contributed by atoms with van der Waals surface area (Å²) in [6.07, 6.45) is 4.51. The van der Waals surface area contributed by atoms with Gasteiger partial charge in [-0.3, -0.25) is 14.4 Å². The first-order chi connectivity index (χ1) is 16.3. The van der Waals surface area contributed by atoms with Crippen LogP contribution in [-0.2, 0) is 9.53 Å². The Bertz CT molecular complexity index is 1080. The van der Waals surface area contributed by atoms with Gasteiger partial charge in [-0.05, 0) is 50.3 Å². The fourth-order valence-electron chi connectivity index (χ4n) is 4.78. The van der Waals surface area contributed by atoms with E-state index in [1.165, 1.54) is 31.6 Å². The number of methoxy groups -OCH3 is 1. The number of H-pyrrole nitrogens is 1. The molecule has 3 amide bonds. The average Bonchev–Trinajstić information content (AvgIpc) is 3.42. The number of rotatable bonds is 7. The lowest BCUT2D eigenvalue weighted by molar-refractivity contribution is -0.127. The molecule has 2 aliphatic rings. The minimum Gasteiger partial charge on any atom is -0.383 e. The van der Waals surface area contributed by atoms with Gasteiger partial charge in [0.2, 0.25) is 5.91 Å². The van der Waals surface area contributed by atoms with Crippen molar-refractivity contribution in [3.63, 3.8) is 0 Å². The summed E-state index contributed by atoms with van der Waals surface area (Å²) in [7, 11) is 1.53. The van der Waals surface area contributed by atoms with Crippen molar-refractivity contribution in [1.82, 2.24) is 20.6 Å². The number of carbonyl (C=O) groups excluding carboxylic acids is 3. The number of imidazole rings is 1. The van der Waals surface area contributed by atoms with Gasteiger partial charge in [0, 0.05) is 26.2 Å². The van der Waals surface area contributed by atoms with E-state index in [1.807, 2.05) is 0 Å². The predicted octanol–water partition coefficient (Wildman–Crippen LogP) is 2.67. The molecule has 11 heteroatoms. The standard InChI is InChI=1S/C23H27ClFN5O4/c1-34-11-9-26-20(31)18-19(28-13-27-18)21(32)29-15-4-6-23(7-5-15)8-10-30(22(23)33)17-3-2-14(25)12-16(17)24/h2-3,12-13,15H,4-11H2,1H3,(H,26,31)(H,27,28)(H,29,32)/t15-,23+. The Labute approximate surface area is 201 Å². The number of nitrogens with one attached hydrogen (secondary N) is 3. The van der Waals surface area contributed by atoms with Gasteiger partial charge >= 0.3 is 0 Å². The number of halogens is 2. The molecule has 0 radical (unpaired) electrons. The number of benzene rings is 1. The number of carbonyl (C=O) groups is 3. The van der Waals surface area contributed by atoms with E-state index in [-0.39, 0.29) is 28.4 Å². The van der Waals surface area contributed by atoms with E-state index in [2.05, 4.69) is 20.6 Å². The monoisotopic (exact) mass is 491 g/mol. The molecule has 34 heavy (non-hydrogen) atoms. The van der Waals surface area contributed by atoms with Crippen molar-refractivity contribution in [3.8, 4) is 0 Å². The maximum absolute atomic E-state index is 13.4. The average molecular weight is 492 g/mol. The van der Waals surface area contributed by atoms with Crippen molar-refractivity contribution in [2.75, 3.05) is 31.7 Å². The molecule has 1 saturated heterocycles. The van der Waals surface area contributed by atoms with Crippen molar-refractivity contribution in [3.05, 3.63) is 46.8 Å². The Morgan fingerprint density at radius 1 is 1.29 bits per heavy atom. The Morgan fingerprint density at radius 3 is 2.76 bits per heavy atom. The molecule has 1 spiro atoms. The maximum atomic E-state index is 13.4. The third-order valence-electron chi connectivity index (χ3n) is 6.66. The highest BCUT2D eigenvalue weighted by atomic mass is 35.5. The van der Waals surface area contributed by atoms with Crippen LogP contribution in [0.4, 0.5) is 10.1 Å². The van der Waals surface area contributed by atoms with Crippen molar-refractivity contribution < 1.29 is 23.5 Å². The summed E-state index contributed by atoms with van der Waals surface area (Å²) in [5.41, 5.74) is 0.151. The maximum Gasteiger partial charge on any atom is 0.272 e. The van der Waals surface area contributed by atoms with E-state index in [0.717, 1.165) is 0 Å². The zero-order valence-corrected chi connectivity index (χ0v) is 19.6. The van der Waals surface area contributed by atoms with Crippen LogP contribution in [0.3, 0.4) is 0 Å². The van der Waals surface area contributed by atoms with Crippen LogP contribution in [0.5, 0.6) is 0 Å². The molecular formula is C23H27ClFN5O4. The lowest BCUT2D eigenvalue weighted by Crippen LogP contribution is -2.44. The van der Waals surface area contributed by atoms with Crippen LogP contribution in [0.2, 0.25) is 5.02 Å². The number of ether oxygens (including phenoxy) is 1. The second-order valence-electron chi connectivity index (χ2n) is 8.71. The molecule has 0 unspecified atom stereocenters. The van der Waals surface area contributed by atoms with E-state index in [9.17, 15) is 18.8 Å². The SMILES string of the molecule is COCCNC(=O)c1nc[nH]c1C(=O)N[C@H]1CC[C@]2(CCN(c3ccc(F)cc3Cl)C2=O)CC1. The fourth-order valence-corrected chi connectivity index (χ4v) is 5.05. The number of hydrogen-bond acceptors (Lipinski definition) is 5. The lowest BCUT2D eigenvalue weighted by Gasteiger charge is -2.36. The predicted molar refractivity (Wildman–Crippen MR) is 123 cm³/mol. The molecule has 2 aromatic rings. The van der Waals surface area contributed by atoms with E-state index >= 15 is 0 Å².